The molecule has 8 heteroatoms. The molecule has 0 bridgehead atoms. The number of para-hydroxylation sites is 1. The van der Waals surface area contributed by atoms with Crippen LogP contribution in [0, 0.1) is 0 Å². The Morgan fingerprint density at radius 1 is 1.17 bits per heavy atom. The van der Waals surface area contributed by atoms with E-state index in [1.54, 1.807) is 28.9 Å². The minimum Gasteiger partial charge on any atom is -0.361 e. The lowest BCUT2D eigenvalue weighted by molar-refractivity contribution is 0.0961. The zero-order valence-electron chi connectivity index (χ0n) is 15.5. The summed E-state index contributed by atoms with van der Waals surface area (Å²) >= 11 is 5.95. The minimum atomic E-state index is -0.332. The van der Waals surface area contributed by atoms with Gasteiger partial charge in [-0.25, -0.2) is 4.68 Å². The van der Waals surface area contributed by atoms with Gasteiger partial charge in [0.2, 0.25) is 5.95 Å². The van der Waals surface area contributed by atoms with Gasteiger partial charge in [0.15, 0.2) is 0 Å². The minimum absolute atomic E-state index is 0.216. The summed E-state index contributed by atoms with van der Waals surface area (Å²) in [6.07, 6.45) is 3.45. The molecule has 29 heavy (non-hydrogen) atoms. The fourth-order valence-corrected chi connectivity index (χ4v) is 3.78. The number of anilines is 1. The molecule has 2 aromatic heterocycles. The number of aromatic nitrogens is 4. The highest BCUT2D eigenvalue weighted by atomic mass is 35.5. The molecular weight excluding hydrogens is 388 g/mol. The number of fused-ring (bicyclic) bond motifs is 2. The third kappa shape index (κ3) is 2.96. The largest absolute Gasteiger partial charge is 0.361 e. The lowest BCUT2D eigenvalue weighted by Crippen LogP contribution is -2.35. The maximum atomic E-state index is 12.9. The van der Waals surface area contributed by atoms with E-state index >= 15 is 0 Å². The number of halogens is 1. The molecule has 0 saturated carbocycles. The number of nitrogens with one attached hydrogen (secondary N) is 3. The standard InChI is InChI=1S/C21H17ClN6O/c1-12-18(27-20(29)13-6-8-14(22)9-7-13)19(28-21(26-12)24-11-25-28)16-10-23-17-5-3-2-4-15(16)17/h2-11,19,23H,1H3,(H,27,29)(H,24,25,26)/t19-/m0/s1. The van der Waals surface area contributed by atoms with Crippen molar-refractivity contribution in [3.8, 4) is 0 Å². The Bertz CT molecular complexity index is 1250. The van der Waals surface area contributed by atoms with Crippen molar-refractivity contribution in [3.63, 3.8) is 0 Å². The molecule has 1 aliphatic heterocycles. The number of H-pyrrole nitrogens is 1. The first-order valence-electron chi connectivity index (χ1n) is 9.12. The SMILES string of the molecule is CC1=C(NC(=O)c2ccc(Cl)cc2)[C@H](c2c[nH]c3ccccc23)n2ncnc2N1. The second-order valence-corrected chi connectivity index (χ2v) is 7.28. The van der Waals surface area contributed by atoms with Crippen molar-refractivity contribution in [1.29, 1.82) is 0 Å². The lowest BCUT2D eigenvalue weighted by atomic mass is 10.00. The molecule has 0 spiro atoms. The quantitative estimate of drug-likeness (QED) is 0.480. The van der Waals surface area contributed by atoms with Gasteiger partial charge in [-0.3, -0.25) is 4.79 Å². The second kappa shape index (κ2) is 6.79. The molecule has 2 aromatic carbocycles. The Morgan fingerprint density at radius 3 is 2.79 bits per heavy atom. The predicted molar refractivity (Wildman–Crippen MR) is 112 cm³/mol. The number of rotatable bonds is 3. The van der Waals surface area contributed by atoms with Crippen molar-refractivity contribution in [3.05, 3.63) is 88.6 Å². The maximum Gasteiger partial charge on any atom is 0.255 e. The monoisotopic (exact) mass is 404 g/mol. The van der Waals surface area contributed by atoms with Gasteiger partial charge in [0, 0.05) is 38.9 Å². The third-order valence-electron chi connectivity index (χ3n) is 5.06. The highest BCUT2D eigenvalue weighted by Gasteiger charge is 2.32. The Kier molecular flexibility index (Phi) is 4.10. The van der Waals surface area contributed by atoms with E-state index in [0.29, 0.717) is 22.2 Å². The molecule has 1 aliphatic rings. The number of amides is 1. The maximum absolute atomic E-state index is 12.9. The topological polar surface area (TPSA) is 87.6 Å². The molecule has 3 heterocycles. The second-order valence-electron chi connectivity index (χ2n) is 6.85. The first-order valence-corrected chi connectivity index (χ1v) is 9.50. The fraction of sp³-hybridized carbons (Fsp3) is 0.0952. The molecule has 0 radical (unpaired) electrons. The van der Waals surface area contributed by atoms with Gasteiger partial charge in [-0.1, -0.05) is 29.8 Å². The molecule has 3 N–H and O–H groups in total. The van der Waals surface area contributed by atoms with Gasteiger partial charge in [-0.2, -0.15) is 10.1 Å². The summed E-state index contributed by atoms with van der Waals surface area (Å²) in [5, 5.41) is 12.3. The van der Waals surface area contributed by atoms with Gasteiger partial charge < -0.3 is 15.6 Å². The van der Waals surface area contributed by atoms with Gasteiger partial charge in [0.25, 0.3) is 5.91 Å². The first-order chi connectivity index (χ1) is 14.1. The van der Waals surface area contributed by atoms with Gasteiger partial charge in [0.1, 0.15) is 12.4 Å². The Hall–Kier alpha value is -3.58. The highest BCUT2D eigenvalue weighted by Crippen LogP contribution is 2.36. The number of hydrogen-bond acceptors (Lipinski definition) is 4. The number of hydrogen-bond donors (Lipinski definition) is 3. The Labute approximate surface area is 171 Å². The van der Waals surface area contributed by atoms with E-state index < -0.39 is 0 Å². The smallest absolute Gasteiger partial charge is 0.255 e. The summed E-state index contributed by atoms with van der Waals surface area (Å²) < 4.78 is 1.78. The van der Waals surface area contributed by atoms with Crippen molar-refractivity contribution in [2.75, 3.05) is 5.32 Å². The van der Waals surface area contributed by atoms with E-state index in [4.69, 9.17) is 11.6 Å². The van der Waals surface area contributed by atoms with Gasteiger partial charge in [-0.05, 0) is 37.3 Å². The predicted octanol–water partition coefficient (Wildman–Crippen LogP) is 4.09. The summed E-state index contributed by atoms with van der Waals surface area (Å²) in [4.78, 5) is 20.5. The van der Waals surface area contributed by atoms with E-state index in [1.165, 1.54) is 6.33 Å². The van der Waals surface area contributed by atoms with E-state index in [-0.39, 0.29) is 11.9 Å². The van der Waals surface area contributed by atoms with E-state index in [9.17, 15) is 4.79 Å². The van der Waals surface area contributed by atoms with Gasteiger partial charge in [0.05, 0.1) is 5.70 Å². The number of nitrogens with zero attached hydrogens (tertiary/aromatic N) is 3. The fourth-order valence-electron chi connectivity index (χ4n) is 3.66. The molecule has 1 amide bonds. The first kappa shape index (κ1) is 17.5. The van der Waals surface area contributed by atoms with Crippen LogP contribution >= 0.6 is 11.6 Å². The van der Waals surface area contributed by atoms with Crippen LogP contribution in [-0.2, 0) is 0 Å². The van der Waals surface area contributed by atoms with Crippen LogP contribution < -0.4 is 10.6 Å². The van der Waals surface area contributed by atoms with E-state index in [0.717, 1.165) is 22.2 Å². The summed E-state index contributed by atoms with van der Waals surface area (Å²) in [6.45, 7) is 1.91. The molecule has 7 nitrogen and oxygen atoms in total. The van der Waals surface area contributed by atoms with Crippen LogP contribution in [-0.4, -0.2) is 25.7 Å². The summed E-state index contributed by atoms with van der Waals surface area (Å²) in [5.74, 6) is 0.411. The highest BCUT2D eigenvalue weighted by molar-refractivity contribution is 6.30. The van der Waals surface area contributed by atoms with Crippen LogP contribution in [0.3, 0.4) is 0 Å². The Morgan fingerprint density at radius 2 is 1.97 bits per heavy atom. The van der Waals surface area contributed by atoms with Crippen LogP contribution in [0.15, 0.2) is 72.4 Å². The molecule has 0 fully saturated rings. The van der Waals surface area contributed by atoms with Crippen LogP contribution in [0.1, 0.15) is 28.9 Å². The van der Waals surface area contributed by atoms with Crippen molar-refractivity contribution in [1.82, 2.24) is 25.1 Å². The zero-order chi connectivity index (χ0) is 20.0. The van der Waals surface area contributed by atoms with Crippen molar-refractivity contribution < 1.29 is 4.79 Å². The van der Waals surface area contributed by atoms with Crippen molar-refractivity contribution >= 4 is 34.4 Å². The number of carbonyl (C=O) groups excluding carboxylic acids is 1. The number of allylic oxidation sites excluding steroid dienone is 2. The number of carbonyl (C=O) groups is 1. The molecule has 0 aliphatic carbocycles. The zero-order valence-corrected chi connectivity index (χ0v) is 16.2. The van der Waals surface area contributed by atoms with Crippen LogP contribution in [0.5, 0.6) is 0 Å². The molecule has 5 rings (SSSR count). The van der Waals surface area contributed by atoms with Gasteiger partial charge >= 0.3 is 0 Å². The van der Waals surface area contributed by atoms with Crippen molar-refractivity contribution in [2.24, 2.45) is 0 Å². The molecule has 1 atom stereocenters. The lowest BCUT2D eigenvalue weighted by Gasteiger charge is -2.29. The molecule has 144 valence electrons. The van der Waals surface area contributed by atoms with E-state index in [1.807, 2.05) is 37.4 Å². The molecule has 0 unspecified atom stereocenters. The molecular formula is C21H17ClN6O. The summed E-state index contributed by atoms with van der Waals surface area (Å²) in [5.41, 5.74) is 4.07. The number of benzene rings is 2. The van der Waals surface area contributed by atoms with Crippen molar-refractivity contribution in [2.45, 2.75) is 13.0 Å². The van der Waals surface area contributed by atoms with Crippen LogP contribution in [0.2, 0.25) is 5.02 Å². The normalized spacial score (nSPS) is 15.9. The van der Waals surface area contributed by atoms with Crippen LogP contribution in [0.4, 0.5) is 5.95 Å². The molecule has 4 aromatic rings. The third-order valence-corrected chi connectivity index (χ3v) is 5.32. The average Bonchev–Trinajstić information content (AvgIpc) is 3.36. The average molecular weight is 405 g/mol. The Balaban J connectivity index is 1.60. The van der Waals surface area contributed by atoms with Gasteiger partial charge in [-0.15, -0.1) is 0 Å². The molecule has 0 saturated heterocycles. The number of aromatic amines is 1. The summed E-state index contributed by atoms with van der Waals surface area (Å²) in [7, 11) is 0. The summed E-state index contributed by atoms with van der Waals surface area (Å²) in [6, 6.07) is 14.5. The van der Waals surface area contributed by atoms with Crippen LogP contribution in [0.25, 0.3) is 10.9 Å². The van der Waals surface area contributed by atoms with E-state index in [2.05, 4.69) is 25.7 Å².